The van der Waals surface area contributed by atoms with Gasteiger partial charge in [-0.05, 0) is 29.8 Å². The third-order valence-corrected chi connectivity index (χ3v) is 5.56. The predicted octanol–water partition coefficient (Wildman–Crippen LogP) is 4.02. The molecular weight excluding hydrogens is 364 g/mol. The molecular formula is C21H18O5S. The number of ether oxygens (including phenoxy) is 2. The smallest absolute Gasteiger partial charge is 0.308 e. The zero-order valence-electron chi connectivity index (χ0n) is 14.7. The Hall–Kier alpha value is -3.12. The summed E-state index contributed by atoms with van der Waals surface area (Å²) in [6.07, 6.45) is 0. The van der Waals surface area contributed by atoms with Gasteiger partial charge in [0.2, 0.25) is 9.84 Å². The second-order valence-electron chi connectivity index (χ2n) is 5.77. The Morgan fingerprint density at radius 2 is 1.48 bits per heavy atom. The fraction of sp³-hybridized carbons (Fsp3) is 0.0952. The second-order valence-corrected chi connectivity index (χ2v) is 7.69. The van der Waals surface area contributed by atoms with Crippen LogP contribution in [0.4, 0.5) is 0 Å². The Kier molecular flexibility index (Phi) is 5.57. The summed E-state index contributed by atoms with van der Waals surface area (Å²) in [6.45, 7) is 1.38. The van der Waals surface area contributed by atoms with Crippen molar-refractivity contribution in [3.05, 3.63) is 84.4 Å². The predicted molar refractivity (Wildman–Crippen MR) is 100 cm³/mol. The molecule has 0 heterocycles. The van der Waals surface area contributed by atoms with Gasteiger partial charge in [-0.25, -0.2) is 8.42 Å². The molecule has 3 aromatic rings. The van der Waals surface area contributed by atoms with Crippen molar-refractivity contribution in [2.45, 2.75) is 23.3 Å². The lowest BCUT2D eigenvalue weighted by atomic mass is 10.2. The maximum atomic E-state index is 13.1. The highest BCUT2D eigenvalue weighted by Crippen LogP contribution is 2.38. The van der Waals surface area contributed by atoms with Crippen LogP contribution in [0, 0.1) is 0 Å². The van der Waals surface area contributed by atoms with Crippen molar-refractivity contribution in [1.29, 1.82) is 0 Å². The molecule has 0 aromatic heterocycles. The average Bonchev–Trinajstić information content (AvgIpc) is 2.68. The summed E-state index contributed by atoms with van der Waals surface area (Å²) in [7, 11) is -3.85. The highest BCUT2D eigenvalue weighted by molar-refractivity contribution is 7.91. The van der Waals surface area contributed by atoms with Gasteiger partial charge in [0, 0.05) is 6.92 Å². The number of sulfone groups is 1. The minimum absolute atomic E-state index is 0.0143. The molecule has 0 saturated heterocycles. The van der Waals surface area contributed by atoms with Gasteiger partial charge < -0.3 is 9.47 Å². The third kappa shape index (κ3) is 4.35. The lowest BCUT2D eigenvalue weighted by Gasteiger charge is -2.15. The summed E-state index contributed by atoms with van der Waals surface area (Å²) in [6, 6.07) is 21.8. The number of rotatable bonds is 6. The Bertz CT molecular complexity index is 1030. The third-order valence-electron chi connectivity index (χ3n) is 3.77. The molecule has 0 amide bonds. The van der Waals surface area contributed by atoms with Crippen molar-refractivity contribution in [3.8, 4) is 11.5 Å². The van der Waals surface area contributed by atoms with Gasteiger partial charge in [0.25, 0.3) is 0 Å². The molecule has 27 heavy (non-hydrogen) atoms. The van der Waals surface area contributed by atoms with E-state index in [0.717, 1.165) is 5.56 Å². The normalized spacial score (nSPS) is 11.0. The Labute approximate surface area is 158 Å². The summed E-state index contributed by atoms with van der Waals surface area (Å²) in [5, 5.41) is 0. The van der Waals surface area contributed by atoms with Crippen LogP contribution in [-0.4, -0.2) is 14.4 Å². The summed E-state index contributed by atoms with van der Waals surface area (Å²) in [5.41, 5.74) is 0.859. The maximum Gasteiger partial charge on any atom is 0.308 e. The van der Waals surface area contributed by atoms with Crippen molar-refractivity contribution in [2.24, 2.45) is 0 Å². The summed E-state index contributed by atoms with van der Waals surface area (Å²) < 4.78 is 37.2. The van der Waals surface area contributed by atoms with Crippen molar-refractivity contribution >= 4 is 15.8 Å². The monoisotopic (exact) mass is 382 g/mol. The zero-order chi connectivity index (χ0) is 19.3. The molecule has 138 valence electrons. The minimum atomic E-state index is -3.85. The Morgan fingerprint density at radius 1 is 0.852 bits per heavy atom. The van der Waals surface area contributed by atoms with Crippen LogP contribution in [0.5, 0.6) is 11.5 Å². The van der Waals surface area contributed by atoms with Crippen LogP contribution in [0.3, 0.4) is 0 Å². The second kappa shape index (κ2) is 8.05. The Morgan fingerprint density at radius 3 is 2.11 bits per heavy atom. The minimum Gasteiger partial charge on any atom is -0.484 e. The van der Waals surface area contributed by atoms with Crippen LogP contribution in [0.15, 0.2) is 88.7 Å². The quantitative estimate of drug-likeness (QED) is 0.476. The van der Waals surface area contributed by atoms with Crippen molar-refractivity contribution < 1.29 is 22.7 Å². The largest absolute Gasteiger partial charge is 0.484 e. The number of carbonyl (C=O) groups excluding carboxylic acids is 1. The van der Waals surface area contributed by atoms with E-state index in [4.69, 9.17) is 9.47 Å². The van der Waals surface area contributed by atoms with Crippen LogP contribution in [0.2, 0.25) is 0 Å². The fourth-order valence-electron chi connectivity index (χ4n) is 2.54. The van der Waals surface area contributed by atoms with Gasteiger partial charge in [-0.3, -0.25) is 4.79 Å². The van der Waals surface area contributed by atoms with E-state index in [-0.39, 0.29) is 27.9 Å². The molecule has 5 nitrogen and oxygen atoms in total. The molecule has 6 heteroatoms. The van der Waals surface area contributed by atoms with E-state index >= 15 is 0 Å². The molecule has 3 aromatic carbocycles. The van der Waals surface area contributed by atoms with Crippen molar-refractivity contribution in [1.82, 2.24) is 0 Å². The summed E-state index contributed by atoms with van der Waals surface area (Å²) >= 11 is 0. The lowest BCUT2D eigenvalue weighted by molar-refractivity contribution is -0.132. The number of para-hydroxylation sites is 1. The van der Waals surface area contributed by atoms with E-state index in [9.17, 15) is 13.2 Å². The number of hydrogen-bond acceptors (Lipinski definition) is 5. The van der Waals surface area contributed by atoms with Crippen molar-refractivity contribution in [2.75, 3.05) is 0 Å². The standard InChI is InChI=1S/C21H18O5S/c1-16(22)26-19-13-8-14-20(27(23,24)18-11-6-3-7-12-18)21(19)25-15-17-9-4-2-5-10-17/h2-14H,15H2,1H3. The molecule has 0 unspecified atom stereocenters. The Balaban J connectivity index is 2.06. The SMILES string of the molecule is CC(=O)Oc1cccc(S(=O)(=O)c2ccccc2)c1OCc1ccccc1. The van der Waals surface area contributed by atoms with Gasteiger partial charge in [-0.1, -0.05) is 54.6 Å². The molecule has 0 spiro atoms. The zero-order valence-corrected chi connectivity index (χ0v) is 15.5. The molecule has 0 aliphatic carbocycles. The first-order valence-corrected chi connectivity index (χ1v) is 9.75. The molecule has 0 aliphatic rings. The number of benzene rings is 3. The first-order valence-electron chi connectivity index (χ1n) is 8.27. The highest BCUT2D eigenvalue weighted by atomic mass is 32.2. The first kappa shape index (κ1) is 18.7. The molecule has 3 rings (SSSR count). The molecule has 0 N–H and O–H groups in total. The van der Waals surface area contributed by atoms with Gasteiger partial charge in [0.05, 0.1) is 4.90 Å². The number of esters is 1. The van der Waals surface area contributed by atoms with Crippen LogP contribution in [-0.2, 0) is 21.2 Å². The summed E-state index contributed by atoms with van der Waals surface area (Å²) in [4.78, 5) is 11.5. The van der Waals surface area contributed by atoms with E-state index in [1.54, 1.807) is 18.2 Å². The fourth-order valence-corrected chi connectivity index (χ4v) is 3.97. The highest BCUT2D eigenvalue weighted by Gasteiger charge is 2.25. The maximum absolute atomic E-state index is 13.1. The van der Waals surface area contributed by atoms with Gasteiger partial charge in [-0.2, -0.15) is 0 Å². The number of hydrogen-bond donors (Lipinski definition) is 0. The molecule has 0 atom stereocenters. The topological polar surface area (TPSA) is 69.7 Å². The van der Waals surface area contributed by atoms with E-state index in [0.29, 0.717) is 0 Å². The molecule has 0 fully saturated rings. The van der Waals surface area contributed by atoms with Gasteiger partial charge in [0.1, 0.15) is 11.5 Å². The van der Waals surface area contributed by atoms with Gasteiger partial charge in [0.15, 0.2) is 11.5 Å². The molecule has 0 radical (unpaired) electrons. The van der Waals surface area contributed by atoms with Gasteiger partial charge in [-0.15, -0.1) is 0 Å². The lowest BCUT2D eigenvalue weighted by Crippen LogP contribution is -2.09. The van der Waals surface area contributed by atoms with Gasteiger partial charge >= 0.3 is 5.97 Å². The van der Waals surface area contributed by atoms with Crippen LogP contribution in [0.25, 0.3) is 0 Å². The van der Waals surface area contributed by atoms with Crippen LogP contribution in [0.1, 0.15) is 12.5 Å². The average molecular weight is 382 g/mol. The van der Waals surface area contributed by atoms with Crippen molar-refractivity contribution in [3.63, 3.8) is 0 Å². The molecule has 0 bridgehead atoms. The number of carbonyl (C=O) groups is 1. The van der Waals surface area contributed by atoms with E-state index in [1.807, 2.05) is 30.3 Å². The van der Waals surface area contributed by atoms with E-state index in [1.165, 1.54) is 37.3 Å². The van der Waals surface area contributed by atoms with E-state index < -0.39 is 15.8 Å². The molecule has 0 saturated carbocycles. The van der Waals surface area contributed by atoms with Crippen LogP contribution >= 0.6 is 0 Å². The first-order chi connectivity index (χ1) is 13.0. The summed E-state index contributed by atoms with van der Waals surface area (Å²) in [5.74, 6) is -0.482. The van der Waals surface area contributed by atoms with E-state index in [2.05, 4.69) is 0 Å². The van der Waals surface area contributed by atoms with Crippen LogP contribution < -0.4 is 9.47 Å². The molecule has 0 aliphatic heterocycles.